The fraction of sp³-hybridized carbons (Fsp3) is 0.0385. The Morgan fingerprint density at radius 1 is 0.415 bits per heavy atom. The van der Waals surface area contributed by atoms with E-state index in [1.807, 2.05) is 0 Å². The van der Waals surface area contributed by atoms with Crippen LogP contribution in [0.2, 0.25) is 0 Å². The van der Waals surface area contributed by atoms with Crippen LogP contribution in [0.4, 0.5) is 0 Å². The van der Waals surface area contributed by atoms with E-state index in [0.29, 0.717) is 0 Å². The molecule has 0 amide bonds. The summed E-state index contributed by atoms with van der Waals surface area (Å²) >= 11 is 0. The van der Waals surface area contributed by atoms with E-state index < -0.39 is 0 Å². The average Bonchev–Trinajstić information content (AvgIpc) is 3.61. The summed E-state index contributed by atoms with van der Waals surface area (Å²) in [5.74, 6) is 0.246. The molecule has 10 aromatic rings. The third-order valence-electron chi connectivity index (χ3n) is 11.4. The maximum atomic E-state index is 6.36. The van der Waals surface area contributed by atoms with Crippen molar-refractivity contribution in [3.63, 3.8) is 0 Å². The number of furan rings is 1. The van der Waals surface area contributed by atoms with Crippen LogP contribution in [0.25, 0.3) is 92.9 Å². The van der Waals surface area contributed by atoms with Gasteiger partial charge in [0.15, 0.2) is 0 Å². The molecule has 1 aliphatic carbocycles. The van der Waals surface area contributed by atoms with Gasteiger partial charge in [-0.05, 0) is 119 Å². The first-order valence-electron chi connectivity index (χ1n) is 18.5. The molecule has 9 aromatic carbocycles. The third-order valence-corrected chi connectivity index (χ3v) is 11.4. The highest BCUT2D eigenvalue weighted by atomic mass is 16.3. The van der Waals surface area contributed by atoms with Gasteiger partial charge >= 0.3 is 0 Å². The molecule has 248 valence electrons. The Labute approximate surface area is 307 Å². The van der Waals surface area contributed by atoms with Crippen LogP contribution < -0.4 is 0 Å². The van der Waals surface area contributed by atoms with E-state index in [2.05, 4.69) is 188 Å². The van der Waals surface area contributed by atoms with Gasteiger partial charge in [-0.15, -0.1) is 0 Å². The molecule has 1 nitrogen and oxygen atoms in total. The van der Waals surface area contributed by atoms with Gasteiger partial charge in [-0.1, -0.05) is 158 Å². The maximum absolute atomic E-state index is 6.36. The second-order valence-electron chi connectivity index (χ2n) is 14.4. The van der Waals surface area contributed by atoms with Crippen LogP contribution >= 0.6 is 0 Å². The molecule has 0 aliphatic heterocycles. The largest absolute Gasteiger partial charge is 0.456 e. The first-order valence-corrected chi connectivity index (χ1v) is 18.5. The molecule has 0 radical (unpaired) electrons. The number of rotatable bonds is 4. The summed E-state index contributed by atoms with van der Waals surface area (Å²) in [7, 11) is 0. The number of allylic oxidation sites excluding steroid dienone is 4. The smallest absolute Gasteiger partial charge is 0.136 e. The molecule has 0 fully saturated rings. The Balaban J connectivity index is 1.03. The SMILES string of the molecule is C1=CC(c2ccc3oc4ccc5ccccc5c4c3c2)CC(c2c3ccccc3c(-c3cccc(-c4ccc5ccccc5c4)c3)c3ccccc23)=C1. The molecule has 0 N–H and O–H groups in total. The maximum Gasteiger partial charge on any atom is 0.136 e. The second-order valence-corrected chi connectivity index (χ2v) is 14.4. The van der Waals surface area contributed by atoms with Gasteiger partial charge in [0.25, 0.3) is 0 Å². The van der Waals surface area contributed by atoms with Crippen molar-refractivity contribution >= 4 is 70.6 Å². The van der Waals surface area contributed by atoms with Crippen LogP contribution in [0, 0.1) is 0 Å². The summed E-state index contributed by atoms with van der Waals surface area (Å²) in [5.41, 5.74) is 10.9. The van der Waals surface area contributed by atoms with Gasteiger partial charge in [0.2, 0.25) is 0 Å². The molecule has 0 bridgehead atoms. The molecule has 1 heteroatoms. The lowest BCUT2D eigenvalue weighted by Crippen LogP contribution is -2.02. The van der Waals surface area contributed by atoms with Crippen molar-refractivity contribution < 1.29 is 4.42 Å². The average molecular weight is 675 g/mol. The highest BCUT2D eigenvalue weighted by Gasteiger charge is 2.22. The lowest BCUT2D eigenvalue weighted by Gasteiger charge is -2.23. The van der Waals surface area contributed by atoms with Gasteiger partial charge in [0, 0.05) is 16.7 Å². The second kappa shape index (κ2) is 11.9. The van der Waals surface area contributed by atoms with Crippen molar-refractivity contribution in [1.82, 2.24) is 0 Å². The van der Waals surface area contributed by atoms with Crippen LogP contribution in [0.1, 0.15) is 23.5 Å². The first-order chi connectivity index (χ1) is 26.3. The molecule has 1 atom stereocenters. The quantitative estimate of drug-likeness (QED) is 0.169. The lowest BCUT2D eigenvalue weighted by atomic mass is 9.80. The van der Waals surface area contributed by atoms with Gasteiger partial charge in [0.05, 0.1) is 0 Å². The fourth-order valence-corrected chi connectivity index (χ4v) is 8.90. The Kier molecular flexibility index (Phi) is 6.75. The van der Waals surface area contributed by atoms with E-state index in [4.69, 9.17) is 4.42 Å². The van der Waals surface area contributed by atoms with E-state index in [0.717, 1.165) is 17.6 Å². The number of benzene rings is 9. The van der Waals surface area contributed by atoms with E-state index in [-0.39, 0.29) is 5.92 Å². The van der Waals surface area contributed by atoms with Crippen LogP contribution in [0.15, 0.2) is 193 Å². The van der Waals surface area contributed by atoms with Crippen LogP contribution in [-0.4, -0.2) is 0 Å². The topological polar surface area (TPSA) is 13.1 Å². The predicted molar refractivity (Wildman–Crippen MR) is 226 cm³/mol. The normalized spacial score (nSPS) is 14.6. The molecule has 0 saturated carbocycles. The monoisotopic (exact) mass is 674 g/mol. The van der Waals surface area contributed by atoms with Gasteiger partial charge in [-0.3, -0.25) is 0 Å². The molecule has 11 rings (SSSR count). The van der Waals surface area contributed by atoms with Gasteiger partial charge in [-0.25, -0.2) is 0 Å². The number of hydrogen-bond donors (Lipinski definition) is 0. The predicted octanol–water partition coefficient (Wildman–Crippen LogP) is 14.7. The molecule has 1 aliphatic rings. The van der Waals surface area contributed by atoms with Gasteiger partial charge < -0.3 is 4.42 Å². The highest BCUT2D eigenvalue weighted by molar-refractivity contribution is 6.20. The molecule has 1 heterocycles. The molecular weight excluding hydrogens is 641 g/mol. The standard InChI is InChI=1S/C52H34O/c1-2-13-35-29-38(24-23-33(35)11-1)36-14-9-16-40(30-36)50-43-19-5-7-21-45(43)51(46-22-8-6-20-44(46)50)41-17-10-15-37(31-41)39-26-27-48-47(32-39)52-42-18-4-3-12-34(42)25-28-49(52)53-48/h1-30,32,37H,31H2. The summed E-state index contributed by atoms with van der Waals surface area (Å²) in [6, 6.07) is 62.1. The van der Waals surface area contributed by atoms with E-state index >= 15 is 0 Å². The zero-order chi connectivity index (χ0) is 34.9. The summed E-state index contributed by atoms with van der Waals surface area (Å²) in [6.07, 6.45) is 7.89. The zero-order valence-corrected chi connectivity index (χ0v) is 29.1. The van der Waals surface area contributed by atoms with E-state index in [1.165, 1.54) is 92.8 Å². The molecule has 0 spiro atoms. The fourth-order valence-electron chi connectivity index (χ4n) is 8.90. The minimum Gasteiger partial charge on any atom is -0.456 e. The zero-order valence-electron chi connectivity index (χ0n) is 29.1. The van der Waals surface area contributed by atoms with Gasteiger partial charge in [0.1, 0.15) is 11.2 Å². The first kappa shape index (κ1) is 30.0. The molecule has 1 unspecified atom stereocenters. The number of fused-ring (bicyclic) bond motifs is 8. The van der Waals surface area contributed by atoms with Crippen molar-refractivity contribution in [2.75, 3.05) is 0 Å². The Morgan fingerprint density at radius 2 is 1.04 bits per heavy atom. The van der Waals surface area contributed by atoms with Crippen molar-refractivity contribution in [1.29, 1.82) is 0 Å². The van der Waals surface area contributed by atoms with E-state index in [9.17, 15) is 0 Å². The summed E-state index contributed by atoms with van der Waals surface area (Å²) in [6.45, 7) is 0. The minimum absolute atomic E-state index is 0.246. The molecular formula is C52H34O. The molecule has 1 aromatic heterocycles. The number of hydrogen-bond acceptors (Lipinski definition) is 1. The van der Waals surface area contributed by atoms with Crippen LogP contribution in [0.5, 0.6) is 0 Å². The van der Waals surface area contributed by atoms with Crippen molar-refractivity contribution in [3.05, 3.63) is 199 Å². The lowest BCUT2D eigenvalue weighted by molar-refractivity contribution is 0.669. The summed E-state index contributed by atoms with van der Waals surface area (Å²) < 4.78 is 6.36. The molecule has 0 saturated heterocycles. The molecule has 53 heavy (non-hydrogen) atoms. The van der Waals surface area contributed by atoms with Crippen LogP contribution in [0.3, 0.4) is 0 Å². The van der Waals surface area contributed by atoms with E-state index in [1.54, 1.807) is 0 Å². The van der Waals surface area contributed by atoms with Crippen molar-refractivity contribution in [3.8, 4) is 22.3 Å². The summed E-state index contributed by atoms with van der Waals surface area (Å²) in [4.78, 5) is 0. The Hall–Kier alpha value is -6.70. The van der Waals surface area contributed by atoms with Crippen LogP contribution in [-0.2, 0) is 0 Å². The minimum atomic E-state index is 0.246. The Morgan fingerprint density at radius 3 is 1.83 bits per heavy atom. The Bertz CT molecular complexity index is 3100. The highest BCUT2D eigenvalue weighted by Crippen LogP contribution is 2.46. The van der Waals surface area contributed by atoms with Gasteiger partial charge in [-0.2, -0.15) is 0 Å². The summed E-state index contributed by atoms with van der Waals surface area (Å²) in [5, 5.41) is 12.5. The third kappa shape index (κ3) is 4.85. The van der Waals surface area contributed by atoms with Crippen molar-refractivity contribution in [2.45, 2.75) is 12.3 Å². The van der Waals surface area contributed by atoms with Crippen molar-refractivity contribution in [2.24, 2.45) is 0 Å².